The quantitative estimate of drug-likeness (QED) is 0.706. The minimum atomic E-state index is -0.584. The average Bonchev–Trinajstić information content (AvgIpc) is 2.49. The van der Waals surface area contributed by atoms with Crippen LogP contribution in [0.25, 0.3) is 0 Å². The molecule has 1 atom stereocenters. The van der Waals surface area contributed by atoms with Crippen molar-refractivity contribution in [3.63, 3.8) is 0 Å². The van der Waals surface area contributed by atoms with E-state index in [0.29, 0.717) is 12.3 Å². The third-order valence-corrected chi connectivity index (χ3v) is 4.00. The zero-order valence-electron chi connectivity index (χ0n) is 12.4. The van der Waals surface area contributed by atoms with Crippen LogP contribution in [-0.2, 0) is 9.59 Å². The Bertz CT molecular complexity index is 453. The molecule has 5 nitrogen and oxygen atoms in total. The smallest absolute Gasteiger partial charge is 0.246 e. The predicted octanol–water partition coefficient (Wildman–Crippen LogP) is 1.12. The number of aliphatic hydroxyl groups excluding tert-OH is 1. The molecule has 0 radical (unpaired) electrons. The minimum absolute atomic E-state index is 0.0851. The number of benzene rings is 1. The minimum Gasteiger partial charge on any atom is -0.395 e. The molecule has 2 N–H and O–H groups in total. The van der Waals surface area contributed by atoms with Crippen molar-refractivity contribution in [2.45, 2.75) is 24.8 Å². The number of rotatable bonds is 8. The van der Waals surface area contributed by atoms with Crippen LogP contribution in [0.15, 0.2) is 35.2 Å². The van der Waals surface area contributed by atoms with E-state index in [1.807, 2.05) is 37.3 Å². The van der Waals surface area contributed by atoms with Crippen molar-refractivity contribution >= 4 is 23.6 Å². The van der Waals surface area contributed by atoms with Gasteiger partial charge in [0.15, 0.2) is 0 Å². The molecular weight excluding hydrogens is 288 g/mol. The van der Waals surface area contributed by atoms with Crippen LogP contribution >= 0.6 is 11.8 Å². The third-order valence-electron chi connectivity index (χ3n) is 2.90. The maximum atomic E-state index is 12.4. The van der Waals surface area contributed by atoms with Crippen LogP contribution in [0.3, 0.4) is 0 Å². The number of hydrogen-bond donors (Lipinski definition) is 2. The van der Waals surface area contributed by atoms with Crippen LogP contribution in [0.4, 0.5) is 0 Å². The van der Waals surface area contributed by atoms with Gasteiger partial charge in [0.25, 0.3) is 0 Å². The Morgan fingerprint density at radius 1 is 1.33 bits per heavy atom. The molecule has 0 heterocycles. The van der Waals surface area contributed by atoms with Crippen LogP contribution in [0.1, 0.15) is 13.8 Å². The lowest BCUT2D eigenvalue weighted by atomic mass is 10.2. The molecule has 0 saturated heterocycles. The van der Waals surface area contributed by atoms with Crippen LogP contribution < -0.4 is 5.32 Å². The largest absolute Gasteiger partial charge is 0.395 e. The first-order valence-corrected chi connectivity index (χ1v) is 7.91. The highest BCUT2D eigenvalue weighted by Crippen LogP contribution is 2.18. The fourth-order valence-corrected chi connectivity index (χ4v) is 2.82. The van der Waals surface area contributed by atoms with E-state index in [1.54, 1.807) is 4.90 Å². The van der Waals surface area contributed by atoms with Crippen molar-refractivity contribution in [2.75, 3.05) is 25.4 Å². The lowest BCUT2D eigenvalue weighted by molar-refractivity contribution is -0.135. The summed E-state index contributed by atoms with van der Waals surface area (Å²) >= 11 is 1.52. The van der Waals surface area contributed by atoms with E-state index in [9.17, 15) is 9.59 Å². The Hall–Kier alpha value is -1.53. The second kappa shape index (κ2) is 9.41. The van der Waals surface area contributed by atoms with Gasteiger partial charge in [-0.05, 0) is 19.1 Å². The number of carbonyl (C=O) groups excluding carboxylic acids is 2. The number of amides is 2. The number of carbonyl (C=O) groups is 2. The van der Waals surface area contributed by atoms with Crippen LogP contribution in [0, 0.1) is 0 Å². The van der Waals surface area contributed by atoms with Crippen molar-refractivity contribution < 1.29 is 14.7 Å². The number of likely N-dealkylation sites (N-methyl/N-ethyl adjacent to an activating group) is 1. The monoisotopic (exact) mass is 310 g/mol. The normalized spacial score (nSPS) is 11.8. The molecule has 0 aliphatic carbocycles. The van der Waals surface area contributed by atoms with Gasteiger partial charge in [0.1, 0.15) is 6.04 Å². The van der Waals surface area contributed by atoms with E-state index >= 15 is 0 Å². The van der Waals surface area contributed by atoms with E-state index in [0.717, 1.165) is 4.90 Å². The van der Waals surface area contributed by atoms with Crippen molar-refractivity contribution in [1.82, 2.24) is 10.2 Å². The van der Waals surface area contributed by atoms with E-state index < -0.39 is 6.04 Å². The molecule has 0 aliphatic heterocycles. The molecule has 0 bridgehead atoms. The SMILES string of the molecule is CCN(CCO)C(=O)C(CSc1ccccc1)NC(C)=O. The molecular formula is C15H22N2O3S. The number of hydrogen-bond acceptors (Lipinski definition) is 4. The lowest BCUT2D eigenvalue weighted by Gasteiger charge is -2.26. The first kappa shape index (κ1) is 17.5. The number of thioether (sulfide) groups is 1. The summed E-state index contributed by atoms with van der Waals surface area (Å²) < 4.78 is 0. The van der Waals surface area contributed by atoms with E-state index in [2.05, 4.69) is 5.32 Å². The zero-order chi connectivity index (χ0) is 15.7. The van der Waals surface area contributed by atoms with Crippen molar-refractivity contribution in [3.8, 4) is 0 Å². The first-order chi connectivity index (χ1) is 10.1. The number of nitrogens with zero attached hydrogens (tertiary/aromatic N) is 1. The maximum absolute atomic E-state index is 12.4. The number of nitrogens with one attached hydrogen (secondary N) is 1. The highest BCUT2D eigenvalue weighted by atomic mass is 32.2. The van der Waals surface area contributed by atoms with E-state index in [4.69, 9.17) is 5.11 Å². The summed E-state index contributed by atoms with van der Waals surface area (Å²) in [5.74, 6) is 0.0666. The van der Waals surface area contributed by atoms with Gasteiger partial charge in [0.05, 0.1) is 6.61 Å². The molecule has 2 amide bonds. The Morgan fingerprint density at radius 2 is 2.00 bits per heavy atom. The summed E-state index contributed by atoms with van der Waals surface area (Å²) in [4.78, 5) is 26.3. The Morgan fingerprint density at radius 3 is 2.52 bits per heavy atom. The molecule has 0 aliphatic rings. The fourth-order valence-electron chi connectivity index (χ4n) is 1.88. The molecule has 0 aromatic heterocycles. The Labute approximate surface area is 129 Å². The molecule has 6 heteroatoms. The summed E-state index contributed by atoms with van der Waals surface area (Å²) in [5, 5.41) is 11.7. The van der Waals surface area contributed by atoms with Gasteiger partial charge in [0.2, 0.25) is 11.8 Å². The molecule has 1 rings (SSSR count). The first-order valence-electron chi connectivity index (χ1n) is 6.93. The molecule has 1 unspecified atom stereocenters. The van der Waals surface area contributed by atoms with Gasteiger partial charge < -0.3 is 15.3 Å². The maximum Gasteiger partial charge on any atom is 0.246 e. The van der Waals surface area contributed by atoms with Gasteiger partial charge in [-0.1, -0.05) is 18.2 Å². The Balaban J connectivity index is 2.70. The van der Waals surface area contributed by atoms with E-state index in [1.165, 1.54) is 18.7 Å². The summed E-state index contributed by atoms with van der Waals surface area (Å²) in [5.41, 5.74) is 0. The second-order valence-electron chi connectivity index (χ2n) is 4.52. The topological polar surface area (TPSA) is 69.6 Å². The summed E-state index contributed by atoms with van der Waals surface area (Å²) in [6, 6.07) is 9.14. The fraction of sp³-hybridized carbons (Fsp3) is 0.467. The van der Waals surface area contributed by atoms with Crippen LogP contribution in [0.5, 0.6) is 0 Å². The van der Waals surface area contributed by atoms with Crippen LogP contribution in [0.2, 0.25) is 0 Å². The standard InChI is InChI=1S/C15H22N2O3S/c1-3-17(9-10-18)15(20)14(16-12(2)19)11-21-13-7-5-4-6-8-13/h4-8,14,18H,3,9-11H2,1-2H3,(H,16,19). The Kier molecular flexibility index (Phi) is 7.85. The highest BCUT2D eigenvalue weighted by Gasteiger charge is 2.24. The van der Waals surface area contributed by atoms with Gasteiger partial charge in [-0.25, -0.2) is 0 Å². The second-order valence-corrected chi connectivity index (χ2v) is 5.61. The van der Waals surface area contributed by atoms with E-state index in [-0.39, 0.29) is 25.0 Å². The summed E-state index contributed by atoms with van der Waals surface area (Å²) in [6.07, 6.45) is 0. The molecule has 1 aromatic carbocycles. The van der Waals surface area contributed by atoms with Gasteiger partial charge in [-0.15, -0.1) is 11.8 Å². The average molecular weight is 310 g/mol. The third kappa shape index (κ3) is 6.18. The van der Waals surface area contributed by atoms with Crippen molar-refractivity contribution in [2.24, 2.45) is 0 Å². The molecule has 0 fully saturated rings. The summed E-state index contributed by atoms with van der Waals surface area (Å²) in [6.45, 7) is 3.95. The molecule has 0 spiro atoms. The molecule has 116 valence electrons. The highest BCUT2D eigenvalue weighted by molar-refractivity contribution is 7.99. The van der Waals surface area contributed by atoms with Gasteiger partial charge in [-0.2, -0.15) is 0 Å². The van der Waals surface area contributed by atoms with Crippen molar-refractivity contribution in [1.29, 1.82) is 0 Å². The molecule has 1 aromatic rings. The van der Waals surface area contributed by atoms with Gasteiger partial charge >= 0.3 is 0 Å². The molecule has 21 heavy (non-hydrogen) atoms. The molecule has 0 saturated carbocycles. The zero-order valence-corrected chi connectivity index (χ0v) is 13.2. The van der Waals surface area contributed by atoms with Crippen molar-refractivity contribution in [3.05, 3.63) is 30.3 Å². The van der Waals surface area contributed by atoms with Crippen LogP contribution in [-0.4, -0.2) is 53.3 Å². The lowest BCUT2D eigenvalue weighted by Crippen LogP contribution is -2.50. The van der Waals surface area contributed by atoms with Gasteiger partial charge in [0, 0.05) is 30.7 Å². The van der Waals surface area contributed by atoms with Gasteiger partial charge in [-0.3, -0.25) is 9.59 Å². The predicted molar refractivity (Wildman–Crippen MR) is 84.1 cm³/mol. The summed E-state index contributed by atoms with van der Waals surface area (Å²) in [7, 11) is 0. The number of aliphatic hydroxyl groups is 1.